The van der Waals surface area contributed by atoms with Crippen LogP contribution in [0.4, 0.5) is 15.2 Å². The van der Waals surface area contributed by atoms with Crippen molar-refractivity contribution in [1.29, 1.82) is 0 Å². The van der Waals surface area contributed by atoms with Gasteiger partial charge in [-0.1, -0.05) is 11.3 Å². The van der Waals surface area contributed by atoms with Crippen LogP contribution < -0.4 is 15.8 Å². The number of nitrogens with two attached hydrogens (primary N) is 1. The highest BCUT2D eigenvalue weighted by Crippen LogP contribution is 2.27. The number of hydrogen-bond donors (Lipinski definition) is 2. The van der Waals surface area contributed by atoms with Crippen LogP contribution in [0, 0.1) is 12.7 Å². The fourth-order valence-corrected chi connectivity index (χ4v) is 2.41. The molecule has 1 heterocycles. The highest BCUT2D eigenvalue weighted by atomic mass is 32.1. The Morgan fingerprint density at radius 3 is 2.90 bits per heavy atom. The Balaban J connectivity index is 2.25. The van der Waals surface area contributed by atoms with E-state index in [4.69, 9.17) is 10.5 Å². The van der Waals surface area contributed by atoms with Crippen molar-refractivity contribution in [3.8, 4) is 5.75 Å². The first kappa shape index (κ1) is 14.3. The molecular formula is C13H14FN3O2S. The van der Waals surface area contributed by atoms with Crippen molar-refractivity contribution in [1.82, 2.24) is 4.98 Å². The molecular weight excluding hydrogens is 281 g/mol. The molecule has 0 unspecified atom stereocenters. The Hall–Kier alpha value is -2.15. The van der Waals surface area contributed by atoms with Gasteiger partial charge >= 0.3 is 0 Å². The van der Waals surface area contributed by atoms with Crippen LogP contribution in [0.15, 0.2) is 18.2 Å². The van der Waals surface area contributed by atoms with E-state index in [2.05, 4.69) is 10.3 Å². The minimum atomic E-state index is -0.426. The molecule has 0 aliphatic carbocycles. The Morgan fingerprint density at radius 2 is 2.30 bits per heavy atom. The summed E-state index contributed by atoms with van der Waals surface area (Å²) in [5.41, 5.74) is 6.53. The maximum absolute atomic E-state index is 13.2. The van der Waals surface area contributed by atoms with Gasteiger partial charge in [-0.2, -0.15) is 0 Å². The van der Waals surface area contributed by atoms with Crippen molar-refractivity contribution in [2.45, 2.75) is 13.8 Å². The number of ether oxygens (including phenoxy) is 1. The average molecular weight is 295 g/mol. The lowest BCUT2D eigenvalue weighted by molar-refractivity contribution is 0.102. The molecule has 0 bridgehead atoms. The van der Waals surface area contributed by atoms with Gasteiger partial charge in [-0.05, 0) is 26.0 Å². The summed E-state index contributed by atoms with van der Waals surface area (Å²) < 4.78 is 18.5. The molecule has 1 aromatic heterocycles. The van der Waals surface area contributed by atoms with Crippen LogP contribution in [0.3, 0.4) is 0 Å². The summed E-state index contributed by atoms with van der Waals surface area (Å²) in [6.45, 7) is 3.86. The summed E-state index contributed by atoms with van der Waals surface area (Å²) in [5.74, 6) is -0.482. The zero-order chi connectivity index (χ0) is 14.7. The standard InChI is InChI=1S/C13H14FN3O2S/c1-3-19-10-6-8(14)4-5-9(10)17-12(18)11-7(2)16-13(15)20-11/h4-6H,3H2,1-2H3,(H2,15,16)(H,17,18). The molecule has 0 aliphatic heterocycles. The number of nitrogens with one attached hydrogen (secondary N) is 1. The number of halogens is 1. The number of amides is 1. The van der Waals surface area contributed by atoms with Crippen LogP contribution >= 0.6 is 11.3 Å². The minimum Gasteiger partial charge on any atom is -0.492 e. The van der Waals surface area contributed by atoms with E-state index < -0.39 is 5.82 Å². The van der Waals surface area contributed by atoms with Crippen molar-refractivity contribution < 1.29 is 13.9 Å². The Labute approximate surface area is 119 Å². The first-order chi connectivity index (χ1) is 9.51. The highest BCUT2D eigenvalue weighted by Gasteiger charge is 2.16. The molecule has 0 saturated heterocycles. The third kappa shape index (κ3) is 3.05. The predicted octanol–water partition coefficient (Wildman–Crippen LogP) is 2.82. The number of rotatable bonds is 4. The molecule has 3 N–H and O–H groups in total. The summed E-state index contributed by atoms with van der Waals surface area (Å²) >= 11 is 1.10. The molecule has 106 valence electrons. The van der Waals surface area contributed by atoms with Gasteiger partial charge < -0.3 is 15.8 Å². The number of carbonyl (C=O) groups excluding carboxylic acids is 1. The maximum atomic E-state index is 13.2. The fourth-order valence-electron chi connectivity index (χ4n) is 1.68. The van der Waals surface area contributed by atoms with E-state index in [1.807, 2.05) is 0 Å². The Morgan fingerprint density at radius 1 is 1.55 bits per heavy atom. The normalized spacial score (nSPS) is 10.3. The molecule has 0 radical (unpaired) electrons. The minimum absolute atomic E-state index is 0.288. The number of hydrogen-bond acceptors (Lipinski definition) is 5. The SMILES string of the molecule is CCOc1cc(F)ccc1NC(=O)c1sc(N)nc1C. The lowest BCUT2D eigenvalue weighted by atomic mass is 10.2. The van der Waals surface area contributed by atoms with Crippen LogP contribution in [-0.4, -0.2) is 17.5 Å². The van der Waals surface area contributed by atoms with Crippen LogP contribution in [0.5, 0.6) is 5.75 Å². The first-order valence-corrected chi connectivity index (χ1v) is 6.79. The van der Waals surface area contributed by atoms with Crippen LogP contribution in [0.1, 0.15) is 22.3 Å². The molecule has 1 aromatic carbocycles. The largest absolute Gasteiger partial charge is 0.492 e. The van der Waals surface area contributed by atoms with Crippen molar-refractivity contribution in [2.24, 2.45) is 0 Å². The van der Waals surface area contributed by atoms with E-state index >= 15 is 0 Å². The lowest BCUT2D eigenvalue weighted by Crippen LogP contribution is -2.12. The number of aromatic nitrogens is 1. The summed E-state index contributed by atoms with van der Waals surface area (Å²) in [6, 6.07) is 3.94. The Bertz CT molecular complexity index is 643. The van der Waals surface area contributed by atoms with E-state index in [0.717, 1.165) is 11.3 Å². The molecule has 7 heteroatoms. The molecule has 0 fully saturated rings. The third-order valence-corrected chi connectivity index (χ3v) is 3.50. The maximum Gasteiger partial charge on any atom is 0.267 e. The van der Waals surface area contributed by atoms with E-state index in [1.165, 1.54) is 18.2 Å². The van der Waals surface area contributed by atoms with E-state index in [1.54, 1.807) is 13.8 Å². The molecule has 5 nitrogen and oxygen atoms in total. The summed E-state index contributed by atoms with van der Waals surface area (Å²) in [7, 11) is 0. The van der Waals surface area contributed by atoms with Gasteiger partial charge in [0.1, 0.15) is 16.4 Å². The van der Waals surface area contributed by atoms with Gasteiger partial charge in [0, 0.05) is 6.07 Å². The van der Waals surface area contributed by atoms with Gasteiger partial charge in [-0.25, -0.2) is 9.37 Å². The zero-order valence-electron chi connectivity index (χ0n) is 11.1. The highest BCUT2D eigenvalue weighted by molar-refractivity contribution is 7.17. The number of carbonyl (C=O) groups is 1. The molecule has 0 atom stereocenters. The van der Waals surface area contributed by atoms with Crippen molar-refractivity contribution in [2.75, 3.05) is 17.7 Å². The number of aryl methyl sites for hydroxylation is 1. The number of benzene rings is 1. The molecule has 2 rings (SSSR count). The van der Waals surface area contributed by atoms with E-state index in [-0.39, 0.29) is 11.7 Å². The topological polar surface area (TPSA) is 77.2 Å². The molecule has 0 aliphatic rings. The van der Waals surface area contributed by atoms with Crippen LogP contribution in [-0.2, 0) is 0 Å². The Kier molecular flexibility index (Phi) is 4.19. The van der Waals surface area contributed by atoms with Gasteiger partial charge in [-0.3, -0.25) is 4.79 Å². The monoisotopic (exact) mass is 295 g/mol. The average Bonchev–Trinajstić information content (AvgIpc) is 2.72. The van der Waals surface area contributed by atoms with Crippen LogP contribution in [0.25, 0.3) is 0 Å². The van der Waals surface area contributed by atoms with Gasteiger partial charge in [0.25, 0.3) is 5.91 Å². The molecule has 20 heavy (non-hydrogen) atoms. The number of anilines is 2. The zero-order valence-corrected chi connectivity index (χ0v) is 11.9. The molecule has 0 saturated carbocycles. The van der Waals surface area contributed by atoms with Crippen molar-refractivity contribution in [3.63, 3.8) is 0 Å². The second-order valence-electron chi connectivity index (χ2n) is 3.99. The number of nitrogens with zero attached hydrogens (tertiary/aromatic N) is 1. The van der Waals surface area contributed by atoms with E-state index in [9.17, 15) is 9.18 Å². The third-order valence-electron chi connectivity index (χ3n) is 2.51. The molecule has 1 amide bonds. The van der Waals surface area contributed by atoms with E-state index in [0.29, 0.717) is 28.0 Å². The van der Waals surface area contributed by atoms with Gasteiger partial charge in [0.05, 0.1) is 18.0 Å². The number of nitrogen functional groups attached to an aromatic ring is 1. The second-order valence-corrected chi connectivity index (χ2v) is 5.02. The number of thiazole rings is 1. The molecule has 2 aromatic rings. The molecule has 0 spiro atoms. The smallest absolute Gasteiger partial charge is 0.267 e. The summed E-state index contributed by atoms with van der Waals surface area (Å²) in [4.78, 5) is 16.6. The van der Waals surface area contributed by atoms with Crippen molar-refractivity contribution in [3.05, 3.63) is 34.6 Å². The van der Waals surface area contributed by atoms with Crippen LogP contribution in [0.2, 0.25) is 0 Å². The summed E-state index contributed by atoms with van der Waals surface area (Å²) in [5, 5.41) is 3.01. The van der Waals surface area contributed by atoms with Gasteiger partial charge in [0.2, 0.25) is 0 Å². The predicted molar refractivity (Wildman–Crippen MR) is 76.8 cm³/mol. The second kappa shape index (κ2) is 5.87. The first-order valence-electron chi connectivity index (χ1n) is 5.98. The quantitative estimate of drug-likeness (QED) is 0.909. The van der Waals surface area contributed by atoms with Crippen molar-refractivity contribution >= 4 is 28.1 Å². The lowest BCUT2D eigenvalue weighted by Gasteiger charge is -2.11. The summed E-state index contributed by atoms with van der Waals surface area (Å²) in [6.07, 6.45) is 0. The fraction of sp³-hybridized carbons (Fsp3) is 0.231. The van der Waals surface area contributed by atoms with Gasteiger partial charge in [0.15, 0.2) is 5.13 Å². The van der Waals surface area contributed by atoms with Gasteiger partial charge in [-0.15, -0.1) is 0 Å².